The topological polar surface area (TPSA) is 61.4 Å². The van der Waals surface area contributed by atoms with Crippen LogP contribution in [0, 0.1) is 11.6 Å². The summed E-state index contributed by atoms with van der Waals surface area (Å²) in [4.78, 5) is 11.7. The molecule has 6 heteroatoms. The molecule has 1 aromatic rings. The lowest BCUT2D eigenvalue weighted by atomic mass is 9.95. The standard InChI is InChI=1S/C14H20F2N2O2/c1-3-14(2,7-8-19)17-9-12(20)18-13-10(15)5-4-6-11(13)16/h4-6,17,19H,3,7-9H2,1-2H3,(H,18,20). The van der Waals surface area contributed by atoms with Gasteiger partial charge in [0.2, 0.25) is 5.91 Å². The highest BCUT2D eigenvalue weighted by atomic mass is 19.1. The molecule has 0 aliphatic heterocycles. The highest BCUT2D eigenvalue weighted by Crippen LogP contribution is 2.18. The van der Waals surface area contributed by atoms with E-state index in [0.29, 0.717) is 6.42 Å². The smallest absolute Gasteiger partial charge is 0.238 e. The first-order valence-corrected chi connectivity index (χ1v) is 6.51. The third-order valence-corrected chi connectivity index (χ3v) is 3.35. The summed E-state index contributed by atoms with van der Waals surface area (Å²) >= 11 is 0. The fourth-order valence-electron chi connectivity index (χ4n) is 1.73. The molecular weight excluding hydrogens is 266 g/mol. The maximum atomic E-state index is 13.4. The van der Waals surface area contributed by atoms with Crippen molar-refractivity contribution in [3.05, 3.63) is 29.8 Å². The predicted molar refractivity (Wildman–Crippen MR) is 73.4 cm³/mol. The van der Waals surface area contributed by atoms with Crippen LogP contribution in [-0.2, 0) is 4.79 Å². The van der Waals surface area contributed by atoms with Gasteiger partial charge in [0.1, 0.15) is 17.3 Å². The van der Waals surface area contributed by atoms with Crippen molar-refractivity contribution in [1.82, 2.24) is 5.32 Å². The van der Waals surface area contributed by atoms with Gasteiger partial charge in [-0.1, -0.05) is 13.0 Å². The summed E-state index contributed by atoms with van der Waals surface area (Å²) in [5, 5.41) is 14.2. The molecule has 0 saturated carbocycles. The number of rotatable bonds is 7. The molecule has 0 aliphatic carbocycles. The zero-order valence-electron chi connectivity index (χ0n) is 11.7. The summed E-state index contributed by atoms with van der Waals surface area (Å²) in [7, 11) is 0. The van der Waals surface area contributed by atoms with E-state index in [9.17, 15) is 13.6 Å². The van der Waals surface area contributed by atoms with Crippen LogP contribution in [0.15, 0.2) is 18.2 Å². The molecule has 0 heterocycles. The van der Waals surface area contributed by atoms with E-state index in [4.69, 9.17) is 5.11 Å². The van der Waals surface area contributed by atoms with Crippen LogP contribution in [0.2, 0.25) is 0 Å². The number of carbonyl (C=O) groups excluding carboxylic acids is 1. The Morgan fingerprint density at radius 1 is 1.35 bits per heavy atom. The molecule has 0 aliphatic rings. The number of anilines is 1. The Kier molecular flexibility index (Phi) is 6.04. The third-order valence-electron chi connectivity index (χ3n) is 3.35. The quantitative estimate of drug-likeness (QED) is 0.719. The fourth-order valence-corrected chi connectivity index (χ4v) is 1.73. The lowest BCUT2D eigenvalue weighted by molar-refractivity contribution is -0.115. The van der Waals surface area contributed by atoms with Gasteiger partial charge >= 0.3 is 0 Å². The first-order chi connectivity index (χ1) is 9.41. The number of hydrogen-bond acceptors (Lipinski definition) is 3. The zero-order valence-corrected chi connectivity index (χ0v) is 11.7. The molecule has 0 aromatic heterocycles. The van der Waals surface area contributed by atoms with Gasteiger partial charge in [-0.05, 0) is 31.9 Å². The predicted octanol–water partition coefficient (Wildman–Crippen LogP) is 2.04. The van der Waals surface area contributed by atoms with E-state index < -0.39 is 23.2 Å². The van der Waals surface area contributed by atoms with Crippen LogP contribution < -0.4 is 10.6 Å². The number of amides is 1. The normalized spacial score (nSPS) is 13.8. The summed E-state index contributed by atoms with van der Waals surface area (Å²) in [5.41, 5.74) is -0.834. The number of benzene rings is 1. The lowest BCUT2D eigenvalue weighted by Crippen LogP contribution is -2.46. The van der Waals surface area contributed by atoms with Crippen LogP contribution in [0.5, 0.6) is 0 Å². The molecule has 1 atom stereocenters. The van der Waals surface area contributed by atoms with Gasteiger partial charge in [-0.2, -0.15) is 0 Å². The van der Waals surface area contributed by atoms with E-state index >= 15 is 0 Å². The first kappa shape index (κ1) is 16.5. The number of halogens is 2. The average Bonchev–Trinajstić information content (AvgIpc) is 2.41. The highest BCUT2D eigenvalue weighted by Gasteiger charge is 2.22. The van der Waals surface area contributed by atoms with Crippen molar-refractivity contribution in [1.29, 1.82) is 0 Å². The van der Waals surface area contributed by atoms with Crippen molar-refractivity contribution < 1.29 is 18.7 Å². The van der Waals surface area contributed by atoms with Crippen LogP contribution in [0.4, 0.5) is 14.5 Å². The van der Waals surface area contributed by atoms with Crippen LogP contribution in [0.1, 0.15) is 26.7 Å². The molecule has 0 saturated heterocycles. The van der Waals surface area contributed by atoms with Crippen molar-refractivity contribution in [3.8, 4) is 0 Å². The minimum atomic E-state index is -0.813. The van der Waals surface area contributed by atoms with Crippen molar-refractivity contribution in [2.45, 2.75) is 32.2 Å². The third kappa shape index (κ3) is 4.54. The molecule has 0 fully saturated rings. The largest absolute Gasteiger partial charge is 0.396 e. The molecule has 0 spiro atoms. The average molecular weight is 286 g/mol. The Morgan fingerprint density at radius 3 is 2.45 bits per heavy atom. The van der Waals surface area contributed by atoms with E-state index in [0.717, 1.165) is 18.6 Å². The van der Waals surface area contributed by atoms with Gasteiger partial charge in [-0.15, -0.1) is 0 Å². The van der Waals surface area contributed by atoms with E-state index in [2.05, 4.69) is 10.6 Å². The molecule has 1 aromatic carbocycles. The molecule has 0 bridgehead atoms. The SMILES string of the molecule is CCC(C)(CCO)NCC(=O)Nc1c(F)cccc1F. The summed E-state index contributed by atoms with van der Waals surface area (Å²) in [5.74, 6) is -2.16. The van der Waals surface area contributed by atoms with Crippen molar-refractivity contribution in [2.24, 2.45) is 0 Å². The number of nitrogens with one attached hydrogen (secondary N) is 2. The zero-order chi connectivity index (χ0) is 15.2. The van der Waals surface area contributed by atoms with Crippen LogP contribution in [0.25, 0.3) is 0 Å². The Morgan fingerprint density at radius 2 is 1.95 bits per heavy atom. The molecule has 1 unspecified atom stereocenters. The van der Waals surface area contributed by atoms with Crippen LogP contribution >= 0.6 is 0 Å². The Labute approximate surface area is 117 Å². The number of aliphatic hydroxyl groups is 1. The van der Waals surface area contributed by atoms with Gasteiger partial charge in [-0.25, -0.2) is 8.78 Å². The maximum absolute atomic E-state index is 13.4. The highest BCUT2D eigenvalue weighted by molar-refractivity contribution is 5.92. The molecule has 1 amide bonds. The van der Waals surface area contributed by atoms with E-state index in [1.54, 1.807) is 0 Å². The van der Waals surface area contributed by atoms with Crippen LogP contribution in [-0.4, -0.2) is 29.7 Å². The van der Waals surface area contributed by atoms with E-state index in [1.165, 1.54) is 6.07 Å². The number of hydrogen-bond donors (Lipinski definition) is 3. The van der Waals surface area contributed by atoms with Crippen LogP contribution in [0.3, 0.4) is 0 Å². The molecule has 1 rings (SSSR count). The summed E-state index contributed by atoms with van der Waals surface area (Å²) < 4.78 is 26.7. The van der Waals surface area contributed by atoms with Gasteiger partial charge < -0.3 is 15.7 Å². The van der Waals surface area contributed by atoms with Gasteiger partial charge in [-0.3, -0.25) is 4.79 Å². The van der Waals surface area contributed by atoms with Gasteiger partial charge in [0.15, 0.2) is 0 Å². The molecular formula is C14H20F2N2O2. The monoisotopic (exact) mass is 286 g/mol. The molecule has 20 heavy (non-hydrogen) atoms. The molecule has 0 radical (unpaired) electrons. The Balaban J connectivity index is 2.60. The van der Waals surface area contributed by atoms with Crippen molar-refractivity contribution in [3.63, 3.8) is 0 Å². The van der Waals surface area contributed by atoms with Gasteiger partial charge in [0.25, 0.3) is 0 Å². The second-order valence-corrected chi connectivity index (χ2v) is 4.89. The molecule has 4 nitrogen and oxygen atoms in total. The second kappa shape index (κ2) is 7.31. The number of para-hydroxylation sites is 1. The van der Waals surface area contributed by atoms with E-state index in [1.807, 2.05) is 13.8 Å². The minimum Gasteiger partial charge on any atom is -0.396 e. The number of carbonyl (C=O) groups is 1. The second-order valence-electron chi connectivity index (χ2n) is 4.89. The number of aliphatic hydroxyl groups excluding tert-OH is 1. The summed E-state index contributed by atoms with van der Waals surface area (Å²) in [6.45, 7) is 3.72. The van der Waals surface area contributed by atoms with Crippen molar-refractivity contribution >= 4 is 11.6 Å². The van der Waals surface area contributed by atoms with Crippen molar-refractivity contribution in [2.75, 3.05) is 18.5 Å². The minimum absolute atomic E-state index is 0.000893. The maximum Gasteiger partial charge on any atom is 0.238 e. The first-order valence-electron chi connectivity index (χ1n) is 6.51. The van der Waals surface area contributed by atoms with E-state index in [-0.39, 0.29) is 18.7 Å². The Hall–Kier alpha value is -1.53. The Bertz CT molecular complexity index is 448. The summed E-state index contributed by atoms with van der Waals surface area (Å²) in [6, 6.07) is 3.38. The van der Waals surface area contributed by atoms with Gasteiger partial charge in [0, 0.05) is 12.1 Å². The lowest BCUT2D eigenvalue weighted by Gasteiger charge is -2.28. The van der Waals surface area contributed by atoms with Gasteiger partial charge in [0.05, 0.1) is 6.54 Å². The molecule has 112 valence electrons. The molecule has 3 N–H and O–H groups in total. The summed E-state index contributed by atoms with van der Waals surface area (Å²) in [6.07, 6.45) is 1.21. The fraction of sp³-hybridized carbons (Fsp3) is 0.500.